The molecule has 2 N–H and O–H groups in total. The van der Waals surface area contributed by atoms with E-state index < -0.39 is 17.7 Å². The lowest BCUT2D eigenvalue weighted by Crippen LogP contribution is -2.10. The predicted octanol–water partition coefficient (Wildman–Crippen LogP) is 5.57. The molecule has 0 aliphatic heterocycles. The molecule has 1 aromatic carbocycles. The van der Waals surface area contributed by atoms with Gasteiger partial charge in [-0.05, 0) is 36.6 Å². The Bertz CT molecular complexity index is 1050. The number of benzene rings is 1. The van der Waals surface area contributed by atoms with Crippen LogP contribution < -0.4 is 5.73 Å². The third kappa shape index (κ3) is 3.41. The molecule has 0 unspecified atom stereocenters. The van der Waals surface area contributed by atoms with Crippen molar-refractivity contribution >= 4 is 16.9 Å². The maximum Gasteiger partial charge on any atom is 0.417 e. The van der Waals surface area contributed by atoms with Gasteiger partial charge in [-0.2, -0.15) is 13.2 Å². The number of alkyl halides is 5. The highest BCUT2D eigenvalue weighted by Gasteiger charge is 2.36. The number of hydrogen-bond donors (Lipinski definition) is 1. The van der Waals surface area contributed by atoms with Crippen LogP contribution in [0.15, 0.2) is 24.3 Å². The van der Waals surface area contributed by atoms with Gasteiger partial charge in [-0.15, -0.1) is 5.10 Å². The number of nitrogens with zero attached hydrogens (tertiary/aromatic N) is 3. The molecule has 0 radical (unpaired) electrons. The minimum Gasteiger partial charge on any atom is -0.383 e. The number of pyridine rings is 1. The van der Waals surface area contributed by atoms with Crippen LogP contribution in [0.2, 0.25) is 0 Å². The first kappa shape index (κ1) is 20.0. The van der Waals surface area contributed by atoms with Crippen LogP contribution in [0.3, 0.4) is 0 Å². The van der Waals surface area contributed by atoms with E-state index >= 15 is 0 Å². The minimum atomic E-state index is -4.64. The molecule has 0 saturated heterocycles. The molecule has 28 heavy (non-hydrogen) atoms. The highest BCUT2D eigenvalue weighted by molar-refractivity contribution is 5.91. The summed E-state index contributed by atoms with van der Waals surface area (Å²) >= 11 is 0. The van der Waals surface area contributed by atoms with Crippen LogP contribution in [-0.4, -0.2) is 14.8 Å². The van der Waals surface area contributed by atoms with Crippen molar-refractivity contribution in [2.75, 3.05) is 5.73 Å². The van der Waals surface area contributed by atoms with Crippen LogP contribution in [0.1, 0.15) is 49.1 Å². The molecule has 0 saturated carbocycles. The summed E-state index contributed by atoms with van der Waals surface area (Å²) in [5, 5.41) is 3.84. The van der Waals surface area contributed by atoms with Gasteiger partial charge in [0.05, 0.1) is 16.6 Å². The Labute approximate surface area is 158 Å². The van der Waals surface area contributed by atoms with Gasteiger partial charge in [-0.3, -0.25) is 0 Å². The SMILES string of the molecule is Cc1cc(C(C)(F)F)ccc1-n1nc2nc(C(C)C)cc(C(F)(F)F)c2c1N. The standard InChI is InChI=1S/C19H19F5N4/c1-9(2)13-8-12(19(22,23)24)15-16(25)28(27-17(15)26-13)14-6-5-11(7-10(14)3)18(4,20)21/h5-9H,25H2,1-4H3. The average Bonchev–Trinajstić information content (AvgIpc) is 2.89. The molecular formula is C19H19F5N4. The molecule has 0 amide bonds. The zero-order chi connectivity index (χ0) is 21.0. The lowest BCUT2D eigenvalue weighted by Gasteiger charge is -2.14. The van der Waals surface area contributed by atoms with Crippen LogP contribution >= 0.6 is 0 Å². The number of aromatic nitrogens is 3. The summed E-state index contributed by atoms with van der Waals surface area (Å²) in [5.74, 6) is -3.53. The molecule has 150 valence electrons. The summed E-state index contributed by atoms with van der Waals surface area (Å²) in [6.45, 7) is 5.78. The van der Waals surface area contributed by atoms with E-state index in [2.05, 4.69) is 10.1 Å². The van der Waals surface area contributed by atoms with E-state index in [1.807, 2.05) is 0 Å². The van der Waals surface area contributed by atoms with Gasteiger partial charge in [-0.1, -0.05) is 19.9 Å². The number of fused-ring (bicyclic) bond motifs is 1. The van der Waals surface area contributed by atoms with Crippen molar-refractivity contribution in [3.8, 4) is 5.69 Å². The van der Waals surface area contributed by atoms with Crippen LogP contribution in [-0.2, 0) is 12.1 Å². The van der Waals surface area contributed by atoms with Gasteiger partial charge in [0.2, 0.25) is 0 Å². The normalized spacial score (nSPS) is 12.9. The molecule has 3 aromatic rings. The first-order valence-corrected chi connectivity index (χ1v) is 8.56. The fourth-order valence-corrected chi connectivity index (χ4v) is 3.00. The van der Waals surface area contributed by atoms with Gasteiger partial charge in [0.15, 0.2) is 5.65 Å². The molecule has 0 spiro atoms. The topological polar surface area (TPSA) is 56.7 Å². The summed E-state index contributed by atoms with van der Waals surface area (Å²) in [5.41, 5.74) is 5.68. The van der Waals surface area contributed by atoms with Crippen molar-refractivity contribution in [3.05, 3.63) is 46.6 Å². The Morgan fingerprint density at radius 1 is 1.07 bits per heavy atom. The van der Waals surface area contributed by atoms with E-state index in [4.69, 9.17) is 5.73 Å². The number of aryl methyl sites for hydroxylation is 1. The minimum absolute atomic E-state index is 0.139. The molecule has 3 rings (SSSR count). The van der Waals surface area contributed by atoms with Gasteiger partial charge in [0.1, 0.15) is 5.82 Å². The van der Waals surface area contributed by atoms with Gasteiger partial charge in [0.25, 0.3) is 5.92 Å². The van der Waals surface area contributed by atoms with Crippen molar-refractivity contribution in [1.29, 1.82) is 0 Å². The lowest BCUT2D eigenvalue weighted by molar-refractivity contribution is -0.136. The first-order chi connectivity index (χ1) is 12.8. The van der Waals surface area contributed by atoms with Crippen molar-refractivity contribution in [2.45, 2.75) is 45.7 Å². The van der Waals surface area contributed by atoms with Crippen molar-refractivity contribution in [3.63, 3.8) is 0 Å². The van der Waals surface area contributed by atoms with Crippen LogP contribution in [0.25, 0.3) is 16.7 Å². The van der Waals surface area contributed by atoms with Gasteiger partial charge >= 0.3 is 6.18 Å². The van der Waals surface area contributed by atoms with Gasteiger partial charge < -0.3 is 5.73 Å². The second kappa shape index (κ2) is 6.42. The van der Waals surface area contributed by atoms with Gasteiger partial charge in [0, 0.05) is 18.2 Å². The fourth-order valence-electron chi connectivity index (χ4n) is 3.00. The molecule has 0 fully saturated rings. The summed E-state index contributed by atoms with van der Waals surface area (Å²) in [6.07, 6.45) is -4.64. The highest BCUT2D eigenvalue weighted by Crippen LogP contribution is 2.39. The zero-order valence-corrected chi connectivity index (χ0v) is 15.7. The molecule has 2 heterocycles. The van der Waals surface area contributed by atoms with Crippen molar-refractivity contribution < 1.29 is 22.0 Å². The second-order valence-electron chi connectivity index (χ2n) is 7.13. The van der Waals surface area contributed by atoms with E-state index in [0.717, 1.165) is 17.7 Å². The number of nitrogen functional groups attached to an aromatic ring is 1. The predicted molar refractivity (Wildman–Crippen MR) is 96.7 cm³/mol. The van der Waals surface area contributed by atoms with Gasteiger partial charge in [-0.25, -0.2) is 18.4 Å². The van der Waals surface area contributed by atoms with Crippen LogP contribution in [0, 0.1) is 6.92 Å². The van der Waals surface area contributed by atoms with E-state index in [1.165, 1.54) is 18.2 Å². The molecule has 0 aliphatic carbocycles. The number of halogens is 5. The number of rotatable bonds is 3. The Kier molecular flexibility index (Phi) is 4.60. The molecular weight excluding hydrogens is 379 g/mol. The Balaban J connectivity index is 2.28. The van der Waals surface area contributed by atoms with E-state index in [1.54, 1.807) is 20.8 Å². The second-order valence-corrected chi connectivity index (χ2v) is 7.13. The van der Waals surface area contributed by atoms with Crippen LogP contribution in [0.5, 0.6) is 0 Å². The molecule has 9 heteroatoms. The van der Waals surface area contributed by atoms with E-state index in [0.29, 0.717) is 11.3 Å². The molecule has 0 aliphatic rings. The Hall–Kier alpha value is -2.71. The quantitative estimate of drug-likeness (QED) is 0.587. The molecule has 2 aromatic heterocycles. The first-order valence-electron chi connectivity index (χ1n) is 8.56. The summed E-state index contributed by atoms with van der Waals surface area (Å²) in [4.78, 5) is 4.21. The summed E-state index contributed by atoms with van der Waals surface area (Å²) < 4.78 is 69.0. The maximum absolute atomic E-state index is 13.6. The average molecular weight is 398 g/mol. The summed E-state index contributed by atoms with van der Waals surface area (Å²) in [7, 11) is 0. The monoisotopic (exact) mass is 398 g/mol. The molecule has 0 bridgehead atoms. The van der Waals surface area contributed by atoms with Crippen LogP contribution in [0.4, 0.5) is 27.8 Å². The highest BCUT2D eigenvalue weighted by atomic mass is 19.4. The third-order valence-corrected chi connectivity index (χ3v) is 4.53. The molecule has 4 nitrogen and oxygen atoms in total. The zero-order valence-electron chi connectivity index (χ0n) is 15.7. The van der Waals surface area contributed by atoms with Crippen molar-refractivity contribution in [2.24, 2.45) is 0 Å². The molecule has 0 atom stereocenters. The third-order valence-electron chi connectivity index (χ3n) is 4.53. The summed E-state index contributed by atoms with van der Waals surface area (Å²) in [6, 6.07) is 4.80. The van der Waals surface area contributed by atoms with Crippen molar-refractivity contribution in [1.82, 2.24) is 14.8 Å². The number of nitrogens with two attached hydrogens (primary N) is 1. The Morgan fingerprint density at radius 3 is 2.21 bits per heavy atom. The maximum atomic E-state index is 13.6. The van der Waals surface area contributed by atoms with E-state index in [9.17, 15) is 22.0 Å². The number of anilines is 1. The van der Waals surface area contributed by atoms with E-state index in [-0.39, 0.29) is 34.0 Å². The fraction of sp³-hybridized carbons (Fsp3) is 0.368. The smallest absolute Gasteiger partial charge is 0.383 e. The number of hydrogen-bond acceptors (Lipinski definition) is 3. The largest absolute Gasteiger partial charge is 0.417 e. The Morgan fingerprint density at radius 2 is 1.71 bits per heavy atom. The lowest BCUT2D eigenvalue weighted by atomic mass is 10.0.